The van der Waals surface area contributed by atoms with Gasteiger partial charge in [0.15, 0.2) is 5.78 Å². The van der Waals surface area contributed by atoms with Gasteiger partial charge in [0.25, 0.3) is 5.91 Å². The summed E-state index contributed by atoms with van der Waals surface area (Å²) < 4.78 is 0. The highest BCUT2D eigenvalue weighted by Gasteiger charge is 2.26. The van der Waals surface area contributed by atoms with Crippen LogP contribution in [-0.2, 0) is 4.79 Å². The third-order valence-electron chi connectivity index (χ3n) is 4.20. The van der Waals surface area contributed by atoms with Crippen LogP contribution in [0, 0.1) is 5.92 Å². The van der Waals surface area contributed by atoms with Gasteiger partial charge in [-0.05, 0) is 37.8 Å². The van der Waals surface area contributed by atoms with E-state index in [4.69, 9.17) is 5.11 Å². The van der Waals surface area contributed by atoms with Gasteiger partial charge in [0, 0.05) is 23.6 Å². The fraction of sp³-hybridized carbons (Fsp3) is 0.471. The summed E-state index contributed by atoms with van der Waals surface area (Å²) in [7, 11) is 0. The molecule has 2 N–H and O–H groups in total. The molecule has 1 amide bonds. The molecule has 5 heteroatoms. The molecule has 0 heterocycles. The summed E-state index contributed by atoms with van der Waals surface area (Å²) in [5.74, 6) is -1.15. The van der Waals surface area contributed by atoms with Crippen LogP contribution < -0.4 is 5.32 Å². The van der Waals surface area contributed by atoms with Crippen LogP contribution in [-0.4, -0.2) is 28.8 Å². The quantitative estimate of drug-likeness (QED) is 0.819. The largest absolute Gasteiger partial charge is 0.481 e. The molecule has 0 aromatic heterocycles. The normalized spacial score (nSPS) is 21.1. The highest BCUT2D eigenvalue weighted by molar-refractivity contribution is 5.98. The Morgan fingerprint density at radius 2 is 1.59 bits per heavy atom. The first-order chi connectivity index (χ1) is 10.5. The molecular formula is C17H21NO4. The van der Waals surface area contributed by atoms with Gasteiger partial charge in [-0.3, -0.25) is 14.4 Å². The zero-order chi connectivity index (χ0) is 16.1. The molecule has 0 aliphatic heterocycles. The van der Waals surface area contributed by atoms with E-state index in [9.17, 15) is 14.4 Å². The molecule has 1 fully saturated rings. The number of amides is 1. The van der Waals surface area contributed by atoms with Crippen molar-refractivity contribution in [3.05, 3.63) is 35.4 Å². The van der Waals surface area contributed by atoms with Gasteiger partial charge < -0.3 is 10.4 Å². The van der Waals surface area contributed by atoms with Gasteiger partial charge in [-0.25, -0.2) is 0 Å². The molecular weight excluding hydrogens is 282 g/mol. The Kier molecular flexibility index (Phi) is 5.31. The number of aliphatic carboxylic acids is 1. The monoisotopic (exact) mass is 303 g/mol. The van der Waals surface area contributed by atoms with Gasteiger partial charge in [-0.15, -0.1) is 0 Å². The molecule has 1 aliphatic rings. The number of ketones is 1. The minimum atomic E-state index is -0.749. The summed E-state index contributed by atoms with van der Waals surface area (Å²) in [6, 6.07) is 6.67. The van der Waals surface area contributed by atoms with Crippen LogP contribution in [0.15, 0.2) is 24.3 Å². The van der Waals surface area contributed by atoms with Crippen LogP contribution in [0.1, 0.15) is 59.7 Å². The lowest BCUT2D eigenvalue weighted by molar-refractivity contribution is -0.142. The highest BCUT2D eigenvalue weighted by Crippen LogP contribution is 2.24. The number of carboxylic acids is 1. The lowest BCUT2D eigenvalue weighted by Crippen LogP contribution is -2.38. The highest BCUT2D eigenvalue weighted by atomic mass is 16.4. The summed E-state index contributed by atoms with van der Waals surface area (Å²) in [6.07, 6.45) is 3.02. The van der Waals surface area contributed by atoms with E-state index in [1.807, 2.05) is 0 Å². The lowest BCUT2D eigenvalue weighted by Gasteiger charge is -2.26. The van der Waals surface area contributed by atoms with Gasteiger partial charge in [0.1, 0.15) is 0 Å². The van der Waals surface area contributed by atoms with Crippen LogP contribution in [0.25, 0.3) is 0 Å². The van der Waals surface area contributed by atoms with Gasteiger partial charge in [-0.2, -0.15) is 0 Å². The van der Waals surface area contributed by atoms with Gasteiger partial charge in [0.2, 0.25) is 0 Å². The Morgan fingerprint density at radius 3 is 2.09 bits per heavy atom. The summed E-state index contributed by atoms with van der Waals surface area (Å²) in [4.78, 5) is 34.6. The van der Waals surface area contributed by atoms with Crippen molar-refractivity contribution < 1.29 is 19.5 Å². The van der Waals surface area contributed by atoms with Gasteiger partial charge in [-0.1, -0.05) is 19.1 Å². The van der Waals surface area contributed by atoms with Crippen molar-refractivity contribution in [2.75, 3.05) is 0 Å². The van der Waals surface area contributed by atoms with Crippen molar-refractivity contribution in [1.29, 1.82) is 0 Å². The second-order valence-corrected chi connectivity index (χ2v) is 5.71. The Morgan fingerprint density at radius 1 is 1.05 bits per heavy atom. The van der Waals surface area contributed by atoms with Crippen molar-refractivity contribution in [2.45, 2.75) is 45.1 Å². The molecule has 0 bridgehead atoms. The van der Waals surface area contributed by atoms with Crippen LogP contribution in [0.3, 0.4) is 0 Å². The molecule has 1 saturated carbocycles. The summed E-state index contributed by atoms with van der Waals surface area (Å²) in [5.41, 5.74) is 1.13. The van der Waals surface area contributed by atoms with Crippen LogP contribution in [0.4, 0.5) is 0 Å². The lowest BCUT2D eigenvalue weighted by atomic mass is 9.86. The second-order valence-electron chi connectivity index (χ2n) is 5.71. The number of nitrogens with one attached hydrogen (secondary N) is 1. The molecule has 0 atom stereocenters. The predicted octanol–water partition coefficient (Wildman–Crippen LogP) is 2.65. The van der Waals surface area contributed by atoms with Crippen molar-refractivity contribution in [3.63, 3.8) is 0 Å². The van der Waals surface area contributed by atoms with E-state index in [0.717, 1.165) is 0 Å². The van der Waals surface area contributed by atoms with Gasteiger partial charge >= 0.3 is 5.97 Å². The maximum Gasteiger partial charge on any atom is 0.306 e. The molecule has 5 nitrogen and oxygen atoms in total. The number of hydrogen-bond donors (Lipinski definition) is 2. The number of rotatable bonds is 5. The number of hydrogen-bond acceptors (Lipinski definition) is 3. The first-order valence-electron chi connectivity index (χ1n) is 7.68. The minimum Gasteiger partial charge on any atom is -0.481 e. The minimum absolute atomic E-state index is 0.0278. The molecule has 22 heavy (non-hydrogen) atoms. The zero-order valence-corrected chi connectivity index (χ0v) is 12.7. The molecule has 118 valence electrons. The molecule has 0 saturated heterocycles. The van der Waals surface area contributed by atoms with E-state index in [1.54, 1.807) is 31.2 Å². The summed E-state index contributed by atoms with van der Waals surface area (Å²) in [5, 5.41) is 11.9. The van der Waals surface area contributed by atoms with Crippen molar-refractivity contribution >= 4 is 17.7 Å². The topological polar surface area (TPSA) is 83.5 Å². The van der Waals surface area contributed by atoms with E-state index in [-0.39, 0.29) is 23.7 Å². The number of Topliss-reactive ketones (excluding diaryl/α,β-unsaturated/α-hetero) is 1. The molecule has 0 radical (unpaired) electrons. The second kappa shape index (κ2) is 7.20. The third-order valence-corrected chi connectivity index (χ3v) is 4.20. The SMILES string of the molecule is CCC(=O)c1ccc(C(=O)NC2CCC(C(=O)O)CC2)cc1. The maximum atomic E-state index is 12.2. The first-order valence-corrected chi connectivity index (χ1v) is 7.68. The van der Waals surface area contributed by atoms with E-state index in [2.05, 4.69) is 5.32 Å². The molecule has 1 aromatic carbocycles. The van der Waals surface area contributed by atoms with Gasteiger partial charge in [0.05, 0.1) is 5.92 Å². The zero-order valence-electron chi connectivity index (χ0n) is 12.7. The maximum absolute atomic E-state index is 12.2. The Bertz CT molecular complexity index is 557. The smallest absolute Gasteiger partial charge is 0.306 e. The molecule has 1 aromatic rings. The van der Waals surface area contributed by atoms with Crippen molar-refractivity contribution in [1.82, 2.24) is 5.32 Å². The number of carbonyl (C=O) groups excluding carboxylic acids is 2. The number of benzene rings is 1. The van der Waals surface area contributed by atoms with E-state index in [0.29, 0.717) is 43.2 Å². The predicted molar refractivity (Wildman–Crippen MR) is 81.9 cm³/mol. The van der Waals surface area contributed by atoms with E-state index < -0.39 is 5.97 Å². The Balaban J connectivity index is 1.90. The fourth-order valence-corrected chi connectivity index (χ4v) is 2.77. The van der Waals surface area contributed by atoms with E-state index in [1.165, 1.54) is 0 Å². The summed E-state index contributed by atoms with van der Waals surface area (Å²) in [6.45, 7) is 1.80. The molecule has 0 unspecified atom stereocenters. The Hall–Kier alpha value is -2.17. The molecule has 1 aliphatic carbocycles. The number of carboxylic acid groups (broad SMARTS) is 1. The fourth-order valence-electron chi connectivity index (χ4n) is 2.77. The first kappa shape index (κ1) is 16.2. The Labute approximate surface area is 129 Å². The summed E-state index contributed by atoms with van der Waals surface area (Å²) >= 11 is 0. The standard InChI is InChI=1S/C17H21NO4/c1-2-15(19)11-3-5-12(6-4-11)16(20)18-14-9-7-13(8-10-14)17(21)22/h3-6,13-14H,2,7-10H2,1H3,(H,18,20)(H,21,22). The average Bonchev–Trinajstić information content (AvgIpc) is 2.54. The van der Waals surface area contributed by atoms with Crippen molar-refractivity contribution in [3.8, 4) is 0 Å². The molecule has 0 spiro atoms. The number of carbonyl (C=O) groups is 3. The van der Waals surface area contributed by atoms with Crippen molar-refractivity contribution in [2.24, 2.45) is 5.92 Å². The van der Waals surface area contributed by atoms with Crippen LogP contribution in [0.5, 0.6) is 0 Å². The van der Waals surface area contributed by atoms with Crippen LogP contribution in [0.2, 0.25) is 0 Å². The average molecular weight is 303 g/mol. The van der Waals surface area contributed by atoms with E-state index >= 15 is 0 Å². The molecule has 2 rings (SSSR count). The van der Waals surface area contributed by atoms with Crippen LogP contribution >= 0.6 is 0 Å². The third kappa shape index (κ3) is 3.93.